The SMILES string of the molecule is Cc1ccc2ccccc2c1CN1C(=O)C(N)CNc2cc(C#N)ccc21. The molecule has 5 heteroatoms. The zero-order chi connectivity index (χ0) is 19.0. The molecule has 0 bridgehead atoms. The predicted octanol–water partition coefficient (Wildman–Crippen LogP) is 3.31. The van der Waals surface area contributed by atoms with Gasteiger partial charge in [-0.15, -0.1) is 0 Å². The van der Waals surface area contributed by atoms with Gasteiger partial charge in [0.25, 0.3) is 0 Å². The minimum atomic E-state index is -0.641. The van der Waals surface area contributed by atoms with Gasteiger partial charge in [-0.25, -0.2) is 0 Å². The molecule has 0 aliphatic carbocycles. The Hall–Kier alpha value is -3.36. The largest absolute Gasteiger partial charge is 0.381 e. The molecule has 3 aromatic rings. The second-order valence-electron chi connectivity index (χ2n) is 6.84. The van der Waals surface area contributed by atoms with Crippen molar-refractivity contribution < 1.29 is 4.79 Å². The molecule has 27 heavy (non-hydrogen) atoms. The first-order chi connectivity index (χ1) is 13.1. The first kappa shape index (κ1) is 17.1. The fourth-order valence-electron chi connectivity index (χ4n) is 3.58. The molecule has 1 heterocycles. The van der Waals surface area contributed by atoms with Gasteiger partial charge in [-0.2, -0.15) is 5.26 Å². The van der Waals surface area contributed by atoms with Crippen molar-refractivity contribution in [1.29, 1.82) is 5.26 Å². The highest BCUT2D eigenvalue weighted by atomic mass is 16.2. The van der Waals surface area contributed by atoms with E-state index < -0.39 is 6.04 Å². The third-order valence-corrected chi connectivity index (χ3v) is 5.10. The van der Waals surface area contributed by atoms with E-state index in [-0.39, 0.29) is 5.91 Å². The maximum Gasteiger partial charge on any atom is 0.246 e. The number of carbonyl (C=O) groups excluding carboxylic acids is 1. The molecule has 3 N–H and O–H groups in total. The Morgan fingerprint density at radius 3 is 2.85 bits per heavy atom. The van der Waals surface area contributed by atoms with E-state index in [1.54, 1.807) is 17.0 Å². The van der Waals surface area contributed by atoms with Crippen LogP contribution in [0.25, 0.3) is 10.8 Å². The van der Waals surface area contributed by atoms with Crippen LogP contribution in [0.15, 0.2) is 54.6 Å². The van der Waals surface area contributed by atoms with Gasteiger partial charge >= 0.3 is 0 Å². The van der Waals surface area contributed by atoms with Crippen LogP contribution >= 0.6 is 0 Å². The third-order valence-electron chi connectivity index (χ3n) is 5.10. The number of carbonyl (C=O) groups is 1. The summed E-state index contributed by atoms with van der Waals surface area (Å²) in [6.45, 7) is 2.83. The number of anilines is 2. The molecule has 1 aliphatic rings. The number of nitrogens with zero attached hydrogens (tertiary/aromatic N) is 2. The lowest BCUT2D eigenvalue weighted by atomic mass is 9.99. The number of rotatable bonds is 2. The van der Waals surface area contributed by atoms with Crippen molar-refractivity contribution in [1.82, 2.24) is 0 Å². The lowest BCUT2D eigenvalue weighted by Gasteiger charge is -2.26. The molecule has 1 aliphatic heterocycles. The Balaban J connectivity index is 1.85. The number of fused-ring (bicyclic) bond motifs is 2. The summed E-state index contributed by atoms with van der Waals surface area (Å²) in [4.78, 5) is 14.7. The van der Waals surface area contributed by atoms with Crippen molar-refractivity contribution in [3.63, 3.8) is 0 Å². The van der Waals surface area contributed by atoms with Crippen LogP contribution in [-0.2, 0) is 11.3 Å². The number of amides is 1. The second-order valence-corrected chi connectivity index (χ2v) is 6.84. The van der Waals surface area contributed by atoms with Gasteiger partial charge in [-0.3, -0.25) is 4.79 Å². The van der Waals surface area contributed by atoms with E-state index >= 15 is 0 Å². The standard InChI is InChI=1S/C22H20N4O/c1-14-6-8-16-4-2-3-5-17(16)18(14)13-26-21-9-7-15(11-23)10-20(21)25-12-19(24)22(26)27/h2-10,19,25H,12-13,24H2,1H3. The normalized spacial score (nSPS) is 16.4. The summed E-state index contributed by atoms with van der Waals surface area (Å²) in [5.74, 6) is -0.127. The van der Waals surface area contributed by atoms with Crippen LogP contribution < -0.4 is 16.0 Å². The molecular weight excluding hydrogens is 336 g/mol. The maximum absolute atomic E-state index is 13.0. The quantitative estimate of drug-likeness (QED) is 0.738. The van der Waals surface area contributed by atoms with Crippen LogP contribution in [0.3, 0.4) is 0 Å². The smallest absolute Gasteiger partial charge is 0.246 e. The maximum atomic E-state index is 13.0. The van der Waals surface area contributed by atoms with E-state index in [1.165, 1.54) is 0 Å². The lowest BCUT2D eigenvalue weighted by molar-refractivity contribution is -0.119. The summed E-state index contributed by atoms with van der Waals surface area (Å²) in [7, 11) is 0. The molecule has 1 atom stereocenters. The Morgan fingerprint density at radius 1 is 1.22 bits per heavy atom. The van der Waals surface area contributed by atoms with Crippen LogP contribution in [0.4, 0.5) is 11.4 Å². The molecule has 0 fully saturated rings. The van der Waals surface area contributed by atoms with Crippen molar-refractivity contribution in [3.8, 4) is 6.07 Å². The number of hydrogen-bond donors (Lipinski definition) is 2. The number of nitriles is 1. The molecule has 1 amide bonds. The fourth-order valence-corrected chi connectivity index (χ4v) is 3.58. The zero-order valence-electron chi connectivity index (χ0n) is 15.1. The van der Waals surface area contributed by atoms with E-state index in [9.17, 15) is 10.1 Å². The monoisotopic (exact) mass is 356 g/mol. The summed E-state index contributed by atoms with van der Waals surface area (Å²) in [6, 6.07) is 19.2. The molecule has 0 saturated heterocycles. The first-order valence-electron chi connectivity index (χ1n) is 8.90. The van der Waals surface area contributed by atoms with Crippen molar-refractivity contribution in [2.75, 3.05) is 16.8 Å². The molecule has 4 rings (SSSR count). The highest BCUT2D eigenvalue weighted by Gasteiger charge is 2.28. The predicted molar refractivity (Wildman–Crippen MR) is 107 cm³/mol. The number of benzene rings is 3. The van der Waals surface area contributed by atoms with Gasteiger partial charge in [-0.05, 0) is 47.0 Å². The number of nitrogens with two attached hydrogens (primary N) is 1. The molecule has 134 valence electrons. The summed E-state index contributed by atoms with van der Waals surface area (Å²) < 4.78 is 0. The Kier molecular flexibility index (Phi) is 4.27. The topological polar surface area (TPSA) is 82.2 Å². The van der Waals surface area contributed by atoms with Crippen molar-refractivity contribution in [3.05, 3.63) is 71.3 Å². The van der Waals surface area contributed by atoms with Gasteiger partial charge in [0.05, 0.1) is 29.6 Å². The third kappa shape index (κ3) is 3.01. The van der Waals surface area contributed by atoms with E-state index in [4.69, 9.17) is 5.73 Å². The van der Waals surface area contributed by atoms with Crippen molar-refractivity contribution in [2.45, 2.75) is 19.5 Å². The minimum Gasteiger partial charge on any atom is -0.381 e. The molecule has 0 aromatic heterocycles. The average Bonchev–Trinajstić information content (AvgIpc) is 2.81. The molecule has 5 nitrogen and oxygen atoms in total. The average molecular weight is 356 g/mol. The minimum absolute atomic E-state index is 0.127. The number of aryl methyl sites for hydroxylation is 1. The van der Waals surface area contributed by atoms with Gasteiger partial charge in [-0.1, -0.05) is 36.4 Å². The van der Waals surface area contributed by atoms with Crippen LogP contribution in [0, 0.1) is 18.3 Å². The van der Waals surface area contributed by atoms with Crippen LogP contribution in [0.1, 0.15) is 16.7 Å². The van der Waals surface area contributed by atoms with Gasteiger partial charge < -0.3 is 16.0 Å². The summed E-state index contributed by atoms with van der Waals surface area (Å²) in [6.07, 6.45) is 0. The summed E-state index contributed by atoms with van der Waals surface area (Å²) >= 11 is 0. The molecule has 0 spiro atoms. The Bertz CT molecular complexity index is 1080. The molecule has 0 saturated carbocycles. The van der Waals surface area contributed by atoms with Gasteiger partial charge in [0.15, 0.2) is 0 Å². The zero-order valence-corrected chi connectivity index (χ0v) is 15.1. The van der Waals surface area contributed by atoms with Gasteiger partial charge in [0.2, 0.25) is 5.91 Å². The molecule has 0 radical (unpaired) electrons. The van der Waals surface area contributed by atoms with Crippen molar-refractivity contribution in [2.24, 2.45) is 5.73 Å². The Labute approximate surface area is 158 Å². The van der Waals surface area contributed by atoms with Crippen molar-refractivity contribution >= 4 is 28.1 Å². The molecular formula is C22H20N4O. The van der Waals surface area contributed by atoms with E-state index in [2.05, 4.69) is 42.6 Å². The van der Waals surface area contributed by atoms with Crippen LogP contribution in [0.5, 0.6) is 0 Å². The second kappa shape index (κ2) is 6.75. The summed E-state index contributed by atoms with van der Waals surface area (Å²) in [5, 5.41) is 14.7. The highest BCUT2D eigenvalue weighted by Crippen LogP contribution is 2.33. The highest BCUT2D eigenvalue weighted by molar-refractivity contribution is 6.02. The number of hydrogen-bond acceptors (Lipinski definition) is 4. The van der Waals surface area contributed by atoms with E-state index in [0.29, 0.717) is 18.7 Å². The summed E-state index contributed by atoms with van der Waals surface area (Å²) in [5.41, 5.74) is 10.4. The van der Waals surface area contributed by atoms with Crippen LogP contribution in [-0.4, -0.2) is 18.5 Å². The van der Waals surface area contributed by atoms with E-state index in [0.717, 1.165) is 33.3 Å². The van der Waals surface area contributed by atoms with E-state index in [1.807, 2.05) is 18.2 Å². The fraction of sp³-hybridized carbons (Fsp3) is 0.182. The van der Waals surface area contributed by atoms with Gasteiger partial charge in [0, 0.05) is 6.54 Å². The molecule has 1 unspecified atom stereocenters. The lowest BCUT2D eigenvalue weighted by Crippen LogP contribution is -2.45. The molecule has 3 aromatic carbocycles. The number of nitrogens with one attached hydrogen (secondary N) is 1. The Morgan fingerprint density at radius 2 is 2.04 bits per heavy atom. The first-order valence-corrected chi connectivity index (χ1v) is 8.90. The van der Waals surface area contributed by atoms with Gasteiger partial charge in [0.1, 0.15) is 6.04 Å². The van der Waals surface area contributed by atoms with Crippen LogP contribution in [0.2, 0.25) is 0 Å².